The number of alkyl halides is 3. The highest BCUT2D eigenvalue weighted by molar-refractivity contribution is 6.33. The van der Waals surface area contributed by atoms with Gasteiger partial charge in [-0.2, -0.15) is 13.2 Å². The Balaban J connectivity index is 3.30. The Hall–Kier alpha value is -1.57. The van der Waals surface area contributed by atoms with Gasteiger partial charge in [0.1, 0.15) is 12.0 Å². The van der Waals surface area contributed by atoms with E-state index in [0.717, 1.165) is 7.11 Å². The number of halogens is 4. The maximum atomic E-state index is 12.8. The van der Waals surface area contributed by atoms with Gasteiger partial charge >= 0.3 is 18.1 Å². The molecule has 0 bridgehead atoms. The summed E-state index contributed by atoms with van der Waals surface area (Å²) in [6, 6.07) is 0. The molecule has 1 aliphatic carbocycles. The highest BCUT2D eigenvalue weighted by atomic mass is 35.5. The number of ketones is 1. The molecule has 1 rings (SSSR count). The number of methoxy groups -OCH3 is 1. The Morgan fingerprint density at radius 1 is 1.36 bits per heavy atom. The van der Waals surface area contributed by atoms with Crippen molar-refractivity contribution in [3.8, 4) is 0 Å². The van der Waals surface area contributed by atoms with Crippen LogP contribution in [0, 0.1) is 11.3 Å². The number of ether oxygens (including phenoxy) is 2. The average Bonchev–Trinajstić information content (AvgIpc) is 2.44. The van der Waals surface area contributed by atoms with E-state index in [1.54, 1.807) is 20.8 Å². The van der Waals surface area contributed by atoms with Crippen LogP contribution in [0.4, 0.5) is 13.2 Å². The number of hydrogen-bond donors (Lipinski definition) is 0. The fraction of sp³-hybridized carbons (Fsp3) is 0.688. The normalized spacial score (nSPS) is 21.8. The quantitative estimate of drug-likeness (QED) is 0.535. The molecule has 0 aliphatic heterocycles. The maximum Gasteiger partial charge on any atom is 0.490 e. The number of esters is 2. The minimum atomic E-state index is -5.20. The lowest BCUT2D eigenvalue weighted by Crippen LogP contribution is -2.45. The maximum absolute atomic E-state index is 12.8. The molecule has 0 radical (unpaired) electrons. The SMILES string of the molecule is CCC[C@@H](OC(=O)C(F)(F)F)C1=C(Cl)CC(C)(C)[C@H](C(=O)OC)C1=O. The van der Waals surface area contributed by atoms with Gasteiger partial charge in [-0.25, -0.2) is 4.79 Å². The lowest BCUT2D eigenvalue weighted by atomic mass is 9.67. The monoisotopic (exact) mass is 384 g/mol. The van der Waals surface area contributed by atoms with Crippen LogP contribution in [0.3, 0.4) is 0 Å². The highest BCUT2D eigenvalue weighted by Gasteiger charge is 2.50. The molecule has 0 saturated heterocycles. The van der Waals surface area contributed by atoms with Crippen molar-refractivity contribution in [1.82, 2.24) is 0 Å². The van der Waals surface area contributed by atoms with Crippen LogP contribution in [0.1, 0.15) is 40.0 Å². The first-order chi connectivity index (χ1) is 11.4. The van der Waals surface area contributed by atoms with Gasteiger partial charge in [-0.15, -0.1) is 0 Å². The minimum absolute atomic E-state index is 0.0106. The average molecular weight is 385 g/mol. The van der Waals surface area contributed by atoms with E-state index < -0.39 is 41.3 Å². The van der Waals surface area contributed by atoms with Gasteiger partial charge in [0.15, 0.2) is 5.78 Å². The van der Waals surface area contributed by atoms with Crippen LogP contribution in [0.2, 0.25) is 0 Å². The van der Waals surface area contributed by atoms with Crippen molar-refractivity contribution in [3.63, 3.8) is 0 Å². The second-order valence-corrected chi connectivity index (χ2v) is 6.94. The summed E-state index contributed by atoms with van der Waals surface area (Å²) in [4.78, 5) is 36.0. The van der Waals surface area contributed by atoms with Crippen LogP contribution in [-0.2, 0) is 23.9 Å². The first-order valence-electron chi connectivity index (χ1n) is 7.65. The summed E-state index contributed by atoms with van der Waals surface area (Å²) < 4.78 is 46.7. The smallest absolute Gasteiger partial charge is 0.468 e. The lowest BCUT2D eigenvalue weighted by molar-refractivity contribution is -0.203. The summed E-state index contributed by atoms with van der Waals surface area (Å²) in [5.74, 6) is -5.23. The fourth-order valence-electron chi connectivity index (χ4n) is 2.84. The van der Waals surface area contributed by atoms with Crippen LogP contribution in [0.25, 0.3) is 0 Å². The van der Waals surface area contributed by atoms with Crippen LogP contribution < -0.4 is 0 Å². The molecule has 0 aromatic rings. The number of rotatable bonds is 5. The van der Waals surface area contributed by atoms with Gasteiger partial charge in [0, 0.05) is 5.03 Å². The number of Topliss-reactive ketones (excluding diaryl/α,β-unsaturated/α-hetero) is 1. The second-order valence-electron chi connectivity index (χ2n) is 6.48. The summed E-state index contributed by atoms with van der Waals surface area (Å²) in [7, 11) is 1.11. The van der Waals surface area contributed by atoms with Crippen LogP contribution in [0.5, 0.6) is 0 Å². The predicted octanol–water partition coefficient (Wildman–Crippen LogP) is 3.54. The standard InChI is InChI=1S/C16H20ClF3O5/c1-5-6-9(25-14(23)16(18,19)20)10-8(17)7-15(2,3)11(12(10)21)13(22)24-4/h9,11H,5-7H2,1-4H3/t9-,11+/m1/s1. The summed E-state index contributed by atoms with van der Waals surface area (Å²) in [6.45, 7) is 4.91. The third kappa shape index (κ3) is 4.74. The largest absolute Gasteiger partial charge is 0.490 e. The molecule has 0 N–H and O–H groups in total. The summed E-state index contributed by atoms with van der Waals surface area (Å²) >= 11 is 6.14. The molecule has 2 atom stereocenters. The molecule has 0 saturated carbocycles. The van der Waals surface area contributed by atoms with Crippen LogP contribution in [-0.4, -0.2) is 37.1 Å². The Kier molecular flexibility index (Phi) is 6.67. The van der Waals surface area contributed by atoms with E-state index in [0.29, 0.717) is 6.42 Å². The number of hydrogen-bond acceptors (Lipinski definition) is 5. The topological polar surface area (TPSA) is 69.7 Å². The van der Waals surface area contributed by atoms with E-state index in [1.807, 2.05) is 0 Å². The Morgan fingerprint density at radius 2 is 1.92 bits per heavy atom. The molecule has 0 unspecified atom stereocenters. The molecule has 1 aliphatic rings. The third-order valence-corrected chi connectivity index (χ3v) is 4.34. The minimum Gasteiger partial charge on any atom is -0.468 e. The van der Waals surface area contributed by atoms with Crippen LogP contribution in [0.15, 0.2) is 10.6 Å². The van der Waals surface area contributed by atoms with E-state index in [4.69, 9.17) is 11.6 Å². The Morgan fingerprint density at radius 3 is 2.36 bits per heavy atom. The molecule has 9 heteroatoms. The predicted molar refractivity (Wildman–Crippen MR) is 82.6 cm³/mol. The zero-order chi connectivity index (χ0) is 19.6. The zero-order valence-corrected chi connectivity index (χ0v) is 15.1. The van der Waals surface area contributed by atoms with E-state index >= 15 is 0 Å². The third-order valence-electron chi connectivity index (χ3n) is 4.00. The van der Waals surface area contributed by atoms with E-state index in [9.17, 15) is 27.6 Å². The van der Waals surface area contributed by atoms with Crippen molar-refractivity contribution >= 4 is 29.3 Å². The van der Waals surface area contributed by atoms with Gasteiger partial charge in [-0.3, -0.25) is 9.59 Å². The molecule has 5 nitrogen and oxygen atoms in total. The molecular weight excluding hydrogens is 365 g/mol. The second kappa shape index (κ2) is 7.76. The molecule has 0 aromatic heterocycles. The van der Waals surface area contributed by atoms with Crippen molar-refractivity contribution < 1.29 is 37.0 Å². The van der Waals surface area contributed by atoms with Gasteiger partial charge < -0.3 is 9.47 Å². The molecule has 0 spiro atoms. The molecule has 0 fully saturated rings. The summed E-state index contributed by atoms with van der Waals surface area (Å²) in [5.41, 5.74) is -1.15. The van der Waals surface area contributed by atoms with Crippen LogP contribution >= 0.6 is 11.6 Å². The molecule has 0 amide bonds. The number of carbonyl (C=O) groups excluding carboxylic acids is 3. The lowest BCUT2D eigenvalue weighted by Gasteiger charge is -2.38. The first kappa shape index (κ1) is 21.5. The number of allylic oxidation sites excluding steroid dienone is 1. The summed E-state index contributed by atoms with van der Waals surface area (Å²) in [6.07, 6.45) is -6.30. The highest BCUT2D eigenvalue weighted by Crippen LogP contribution is 2.45. The number of carbonyl (C=O) groups is 3. The van der Waals surface area contributed by atoms with Gasteiger partial charge in [0.05, 0.1) is 12.7 Å². The van der Waals surface area contributed by atoms with E-state index in [1.165, 1.54) is 0 Å². The first-order valence-corrected chi connectivity index (χ1v) is 8.03. The van der Waals surface area contributed by atoms with Crippen molar-refractivity contribution in [2.75, 3.05) is 7.11 Å². The molecule has 25 heavy (non-hydrogen) atoms. The van der Waals surface area contributed by atoms with E-state index in [-0.39, 0.29) is 23.4 Å². The molecular formula is C16H20ClF3O5. The van der Waals surface area contributed by atoms with Gasteiger partial charge in [-0.1, -0.05) is 38.8 Å². The van der Waals surface area contributed by atoms with Gasteiger partial charge in [0.25, 0.3) is 0 Å². The van der Waals surface area contributed by atoms with Gasteiger partial charge in [-0.05, 0) is 18.3 Å². The van der Waals surface area contributed by atoms with Crippen molar-refractivity contribution in [2.45, 2.75) is 52.3 Å². The molecule has 0 heterocycles. The fourth-order valence-corrected chi connectivity index (χ4v) is 3.40. The Bertz CT molecular complexity index is 595. The zero-order valence-electron chi connectivity index (χ0n) is 14.3. The van der Waals surface area contributed by atoms with Crippen molar-refractivity contribution in [2.24, 2.45) is 11.3 Å². The molecule has 0 aromatic carbocycles. The van der Waals surface area contributed by atoms with Crippen molar-refractivity contribution in [1.29, 1.82) is 0 Å². The van der Waals surface area contributed by atoms with Crippen molar-refractivity contribution in [3.05, 3.63) is 10.6 Å². The Labute approximate surface area is 148 Å². The summed E-state index contributed by atoms with van der Waals surface area (Å²) in [5, 5.41) is -0.0106. The molecule has 142 valence electrons. The van der Waals surface area contributed by atoms with E-state index in [2.05, 4.69) is 9.47 Å². The van der Waals surface area contributed by atoms with Gasteiger partial charge in [0.2, 0.25) is 0 Å².